The number of nitrogens with one attached hydrogen (secondary N) is 1. The Hall–Kier alpha value is -3.35. The summed E-state index contributed by atoms with van der Waals surface area (Å²) >= 11 is 0. The summed E-state index contributed by atoms with van der Waals surface area (Å²) in [5.74, 6) is -1.03. The lowest BCUT2D eigenvalue weighted by molar-refractivity contribution is -0.151. The van der Waals surface area contributed by atoms with E-state index in [0.717, 1.165) is 11.3 Å². The van der Waals surface area contributed by atoms with Gasteiger partial charge in [0, 0.05) is 24.3 Å². The van der Waals surface area contributed by atoms with Crippen LogP contribution in [0, 0.1) is 12.8 Å². The van der Waals surface area contributed by atoms with Gasteiger partial charge in [0.15, 0.2) is 6.61 Å². The summed E-state index contributed by atoms with van der Waals surface area (Å²) in [6, 6.07) is 14.3. The lowest BCUT2D eigenvalue weighted by Crippen LogP contribution is -2.28. The van der Waals surface area contributed by atoms with Crippen molar-refractivity contribution in [3.63, 3.8) is 0 Å². The number of esters is 1. The van der Waals surface area contributed by atoms with Gasteiger partial charge in [-0.2, -0.15) is 0 Å². The summed E-state index contributed by atoms with van der Waals surface area (Å²) in [5.41, 5.74) is 2.37. The molecule has 1 saturated heterocycles. The Morgan fingerprint density at radius 3 is 2.61 bits per heavy atom. The third-order valence-electron chi connectivity index (χ3n) is 4.49. The summed E-state index contributed by atoms with van der Waals surface area (Å²) < 4.78 is 10.2. The Morgan fingerprint density at radius 1 is 1.18 bits per heavy atom. The molecule has 1 heterocycles. The van der Waals surface area contributed by atoms with Gasteiger partial charge in [0.25, 0.3) is 5.91 Å². The molecule has 2 aromatic rings. The van der Waals surface area contributed by atoms with Gasteiger partial charge in [0.05, 0.1) is 13.0 Å². The molecule has 1 atom stereocenters. The molecular formula is C21H22N2O5. The molecule has 146 valence electrons. The Balaban J connectivity index is 1.50. The Morgan fingerprint density at radius 2 is 1.93 bits per heavy atom. The van der Waals surface area contributed by atoms with Crippen molar-refractivity contribution in [1.29, 1.82) is 0 Å². The van der Waals surface area contributed by atoms with Crippen molar-refractivity contribution >= 4 is 29.2 Å². The van der Waals surface area contributed by atoms with E-state index in [4.69, 9.17) is 9.47 Å². The number of nitrogens with zero attached hydrogens (tertiary/aromatic N) is 1. The second-order valence-electron chi connectivity index (χ2n) is 6.63. The number of methoxy groups -OCH3 is 1. The maximum atomic E-state index is 12.3. The SMILES string of the molecule is COc1ccc(NC(=O)COC(=O)[C@@H]2CC(=O)N(c3cccc(C)c3)C2)cc1. The van der Waals surface area contributed by atoms with Crippen LogP contribution in [0.15, 0.2) is 48.5 Å². The van der Waals surface area contributed by atoms with Crippen molar-refractivity contribution in [2.45, 2.75) is 13.3 Å². The van der Waals surface area contributed by atoms with Gasteiger partial charge < -0.3 is 19.7 Å². The predicted molar refractivity (Wildman–Crippen MR) is 104 cm³/mol. The molecule has 1 aliphatic rings. The van der Waals surface area contributed by atoms with Crippen molar-refractivity contribution < 1.29 is 23.9 Å². The topological polar surface area (TPSA) is 84.9 Å². The Bertz CT molecular complexity index is 879. The molecule has 1 N–H and O–H groups in total. The summed E-state index contributed by atoms with van der Waals surface area (Å²) in [6.45, 7) is 1.79. The molecule has 3 rings (SSSR count). The first kappa shape index (κ1) is 19.4. The van der Waals surface area contributed by atoms with Crippen LogP contribution in [0.5, 0.6) is 5.75 Å². The third kappa shape index (κ3) is 4.68. The summed E-state index contributed by atoms with van der Waals surface area (Å²) in [5, 5.41) is 2.64. The van der Waals surface area contributed by atoms with Crippen molar-refractivity contribution in [3.8, 4) is 5.75 Å². The highest BCUT2D eigenvalue weighted by Gasteiger charge is 2.36. The number of amides is 2. The third-order valence-corrected chi connectivity index (χ3v) is 4.49. The zero-order valence-corrected chi connectivity index (χ0v) is 15.8. The first-order chi connectivity index (χ1) is 13.5. The minimum atomic E-state index is -0.582. The lowest BCUT2D eigenvalue weighted by atomic mass is 10.1. The monoisotopic (exact) mass is 382 g/mol. The van der Waals surface area contributed by atoms with Crippen molar-refractivity contribution in [2.24, 2.45) is 5.92 Å². The van der Waals surface area contributed by atoms with E-state index in [2.05, 4.69) is 5.32 Å². The van der Waals surface area contributed by atoms with Crippen LogP contribution in [0.25, 0.3) is 0 Å². The number of ether oxygens (including phenoxy) is 2. The summed E-state index contributed by atoms with van der Waals surface area (Å²) in [4.78, 5) is 38.1. The number of benzene rings is 2. The molecular weight excluding hydrogens is 360 g/mol. The maximum Gasteiger partial charge on any atom is 0.311 e. The highest BCUT2D eigenvalue weighted by atomic mass is 16.5. The van der Waals surface area contributed by atoms with Crippen LogP contribution in [-0.2, 0) is 19.1 Å². The average Bonchev–Trinajstić information content (AvgIpc) is 3.08. The van der Waals surface area contributed by atoms with Gasteiger partial charge in [0.2, 0.25) is 5.91 Å². The molecule has 1 aliphatic heterocycles. The van der Waals surface area contributed by atoms with Gasteiger partial charge in [-0.25, -0.2) is 0 Å². The van der Waals surface area contributed by atoms with E-state index >= 15 is 0 Å². The maximum absolute atomic E-state index is 12.3. The second kappa shape index (κ2) is 8.56. The molecule has 1 fully saturated rings. The standard InChI is InChI=1S/C21H22N2O5/c1-14-4-3-5-17(10-14)23-12-15(11-20(23)25)21(26)28-13-19(24)22-16-6-8-18(27-2)9-7-16/h3-10,15H,11-13H2,1-2H3,(H,22,24)/t15-/m1/s1. The summed E-state index contributed by atoms with van der Waals surface area (Å²) in [6.07, 6.45) is 0.0763. The van der Waals surface area contributed by atoms with Gasteiger partial charge >= 0.3 is 5.97 Å². The van der Waals surface area contributed by atoms with E-state index in [1.807, 2.05) is 31.2 Å². The fourth-order valence-electron chi connectivity index (χ4n) is 3.04. The van der Waals surface area contributed by atoms with Crippen LogP contribution in [0.1, 0.15) is 12.0 Å². The van der Waals surface area contributed by atoms with E-state index in [-0.39, 0.29) is 18.9 Å². The minimum Gasteiger partial charge on any atom is -0.497 e. The first-order valence-corrected chi connectivity index (χ1v) is 8.94. The quantitative estimate of drug-likeness (QED) is 0.776. The Labute approximate surface area is 163 Å². The lowest BCUT2D eigenvalue weighted by Gasteiger charge is -2.17. The largest absolute Gasteiger partial charge is 0.497 e. The fraction of sp³-hybridized carbons (Fsp3) is 0.286. The van der Waals surface area contributed by atoms with E-state index in [0.29, 0.717) is 11.4 Å². The zero-order valence-electron chi connectivity index (χ0n) is 15.8. The first-order valence-electron chi connectivity index (χ1n) is 8.94. The summed E-state index contributed by atoms with van der Waals surface area (Å²) in [7, 11) is 1.56. The molecule has 28 heavy (non-hydrogen) atoms. The molecule has 0 aromatic heterocycles. The molecule has 0 bridgehead atoms. The van der Waals surface area contributed by atoms with Crippen LogP contribution >= 0.6 is 0 Å². The van der Waals surface area contributed by atoms with Gasteiger partial charge in [-0.15, -0.1) is 0 Å². The Kier molecular flexibility index (Phi) is 5.93. The van der Waals surface area contributed by atoms with E-state index < -0.39 is 24.4 Å². The number of carbonyl (C=O) groups excluding carboxylic acids is 3. The number of aryl methyl sites for hydroxylation is 1. The average molecular weight is 382 g/mol. The van der Waals surface area contributed by atoms with E-state index in [1.54, 1.807) is 36.3 Å². The highest BCUT2D eigenvalue weighted by Crippen LogP contribution is 2.26. The van der Waals surface area contributed by atoms with Gasteiger partial charge in [-0.3, -0.25) is 14.4 Å². The number of rotatable bonds is 6. The van der Waals surface area contributed by atoms with Crippen LogP contribution in [0.2, 0.25) is 0 Å². The molecule has 0 saturated carbocycles. The normalized spacial score (nSPS) is 16.0. The second-order valence-corrected chi connectivity index (χ2v) is 6.63. The van der Waals surface area contributed by atoms with Crippen LogP contribution in [0.4, 0.5) is 11.4 Å². The van der Waals surface area contributed by atoms with Crippen LogP contribution in [-0.4, -0.2) is 38.0 Å². The van der Waals surface area contributed by atoms with Gasteiger partial charge in [-0.05, 0) is 48.9 Å². The number of carbonyl (C=O) groups is 3. The van der Waals surface area contributed by atoms with E-state index in [9.17, 15) is 14.4 Å². The molecule has 0 radical (unpaired) electrons. The zero-order chi connectivity index (χ0) is 20.1. The number of hydrogen-bond donors (Lipinski definition) is 1. The van der Waals surface area contributed by atoms with Crippen molar-refractivity contribution in [1.82, 2.24) is 0 Å². The molecule has 0 unspecified atom stereocenters. The smallest absolute Gasteiger partial charge is 0.311 e. The molecule has 2 amide bonds. The highest BCUT2D eigenvalue weighted by molar-refractivity contribution is 6.00. The van der Waals surface area contributed by atoms with Crippen LogP contribution in [0.3, 0.4) is 0 Å². The fourth-order valence-corrected chi connectivity index (χ4v) is 3.04. The number of hydrogen-bond acceptors (Lipinski definition) is 5. The minimum absolute atomic E-state index is 0.0763. The predicted octanol–water partition coefficient (Wildman–Crippen LogP) is 2.54. The van der Waals surface area contributed by atoms with Crippen molar-refractivity contribution in [3.05, 3.63) is 54.1 Å². The molecule has 7 heteroatoms. The van der Waals surface area contributed by atoms with Gasteiger partial charge in [-0.1, -0.05) is 12.1 Å². The molecule has 0 aliphatic carbocycles. The molecule has 2 aromatic carbocycles. The molecule has 7 nitrogen and oxygen atoms in total. The van der Waals surface area contributed by atoms with Crippen molar-refractivity contribution in [2.75, 3.05) is 30.5 Å². The molecule has 0 spiro atoms. The number of anilines is 2. The van der Waals surface area contributed by atoms with Gasteiger partial charge in [0.1, 0.15) is 5.75 Å². The van der Waals surface area contributed by atoms with Crippen LogP contribution < -0.4 is 15.0 Å². The van der Waals surface area contributed by atoms with E-state index in [1.165, 1.54) is 0 Å².